The van der Waals surface area contributed by atoms with Crippen molar-refractivity contribution in [3.63, 3.8) is 0 Å². The smallest absolute Gasteiger partial charge is 0.260 e. The second kappa shape index (κ2) is 4.81. The van der Waals surface area contributed by atoms with Crippen LogP contribution in [0.2, 0.25) is 0 Å². The fourth-order valence-electron chi connectivity index (χ4n) is 2.26. The fourth-order valence-corrected chi connectivity index (χ4v) is 2.26. The van der Waals surface area contributed by atoms with Gasteiger partial charge >= 0.3 is 0 Å². The maximum atomic E-state index is 12.5. The van der Waals surface area contributed by atoms with E-state index in [0.29, 0.717) is 17.7 Å². The highest BCUT2D eigenvalue weighted by molar-refractivity contribution is 5.83. The van der Waals surface area contributed by atoms with E-state index in [1.807, 2.05) is 49.4 Å². The van der Waals surface area contributed by atoms with Gasteiger partial charge in [-0.25, -0.2) is 0 Å². The summed E-state index contributed by atoms with van der Waals surface area (Å²) in [4.78, 5) is 16.7. The highest BCUT2D eigenvalue weighted by Gasteiger charge is 2.07. The lowest BCUT2D eigenvalue weighted by atomic mass is 10.1. The second-order valence-corrected chi connectivity index (χ2v) is 4.86. The van der Waals surface area contributed by atoms with Gasteiger partial charge in [-0.3, -0.25) is 14.3 Å². The molecule has 0 fully saturated rings. The number of aromatic nitrogens is 2. The van der Waals surface area contributed by atoms with E-state index >= 15 is 0 Å². The number of hydrogen-bond acceptors (Lipinski definition) is 3. The van der Waals surface area contributed by atoms with Gasteiger partial charge in [0.25, 0.3) is 5.56 Å². The van der Waals surface area contributed by atoms with Gasteiger partial charge in [0.15, 0.2) is 0 Å². The minimum absolute atomic E-state index is 0.0684. The molecule has 4 nitrogen and oxygen atoms in total. The van der Waals surface area contributed by atoms with Crippen molar-refractivity contribution in [2.45, 2.75) is 13.5 Å². The molecule has 0 aliphatic heterocycles. The summed E-state index contributed by atoms with van der Waals surface area (Å²) in [5, 5.41) is 1.55. The summed E-state index contributed by atoms with van der Waals surface area (Å²) in [5.74, 6) is 0.467. The lowest BCUT2D eigenvalue weighted by molar-refractivity contribution is 0.776. The van der Waals surface area contributed by atoms with Gasteiger partial charge in [0, 0.05) is 17.3 Å². The Morgan fingerprint density at radius 1 is 1.20 bits per heavy atom. The number of nitrogen functional groups attached to an aromatic ring is 1. The number of pyridine rings is 2. The van der Waals surface area contributed by atoms with Crippen molar-refractivity contribution in [1.82, 2.24) is 9.55 Å². The minimum Gasteiger partial charge on any atom is -0.385 e. The van der Waals surface area contributed by atoms with E-state index in [4.69, 9.17) is 5.73 Å². The Bertz CT molecular complexity index is 819. The average Bonchev–Trinajstić information content (AvgIpc) is 2.45. The first kappa shape index (κ1) is 12.4. The summed E-state index contributed by atoms with van der Waals surface area (Å²) in [5.41, 5.74) is 7.85. The quantitative estimate of drug-likeness (QED) is 0.773. The third-order valence-electron chi connectivity index (χ3n) is 3.36. The Morgan fingerprint density at radius 2 is 2.00 bits per heavy atom. The van der Waals surface area contributed by atoms with Crippen LogP contribution >= 0.6 is 0 Å². The highest BCUT2D eigenvalue weighted by Crippen LogP contribution is 2.14. The molecule has 0 aliphatic rings. The van der Waals surface area contributed by atoms with E-state index in [1.165, 1.54) is 0 Å². The molecule has 0 bridgehead atoms. The van der Waals surface area contributed by atoms with Crippen molar-refractivity contribution < 1.29 is 0 Å². The molecule has 0 spiro atoms. The van der Waals surface area contributed by atoms with E-state index in [-0.39, 0.29) is 5.56 Å². The molecule has 0 saturated carbocycles. The molecule has 0 amide bonds. The summed E-state index contributed by atoms with van der Waals surface area (Å²) >= 11 is 0. The van der Waals surface area contributed by atoms with Crippen molar-refractivity contribution in [3.05, 3.63) is 70.3 Å². The van der Waals surface area contributed by atoms with Gasteiger partial charge < -0.3 is 5.73 Å². The number of hydrogen-bond donors (Lipinski definition) is 1. The van der Waals surface area contributed by atoms with Crippen LogP contribution in [0, 0.1) is 6.92 Å². The molecule has 100 valence electrons. The second-order valence-electron chi connectivity index (χ2n) is 4.86. The van der Waals surface area contributed by atoms with Gasteiger partial charge in [-0.1, -0.05) is 24.3 Å². The lowest BCUT2D eigenvalue weighted by Crippen LogP contribution is -2.23. The molecule has 3 aromatic rings. The van der Waals surface area contributed by atoms with Crippen LogP contribution in [0.25, 0.3) is 10.8 Å². The summed E-state index contributed by atoms with van der Waals surface area (Å²) < 4.78 is 1.58. The van der Waals surface area contributed by atoms with Gasteiger partial charge in [-0.15, -0.1) is 0 Å². The lowest BCUT2D eigenvalue weighted by Gasteiger charge is -2.11. The summed E-state index contributed by atoms with van der Waals surface area (Å²) in [6, 6.07) is 13.2. The largest absolute Gasteiger partial charge is 0.385 e. The van der Waals surface area contributed by atoms with E-state index in [9.17, 15) is 4.79 Å². The molecule has 2 aromatic heterocycles. The SMILES string of the molecule is Cc1ccc(Cn2c(N)cc3ccccc3c2=O)cn1. The summed E-state index contributed by atoms with van der Waals surface area (Å²) in [6.45, 7) is 2.36. The van der Waals surface area contributed by atoms with Crippen LogP contribution in [-0.2, 0) is 6.54 Å². The third-order valence-corrected chi connectivity index (χ3v) is 3.36. The van der Waals surface area contributed by atoms with Crippen LogP contribution < -0.4 is 11.3 Å². The fraction of sp³-hybridized carbons (Fsp3) is 0.125. The molecule has 0 saturated heterocycles. The molecule has 0 atom stereocenters. The molecule has 2 heterocycles. The number of aryl methyl sites for hydroxylation is 1. The predicted molar refractivity (Wildman–Crippen MR) is 80.7 cm³/mol. The van der Waals surface area contributed by atoms with Crippen LogP contribution in [-0.4, -0.2) is 9.55 Å². The van der Waals surface area contributed by atoms with Crippen molar-refractivity contribution >= 4 is 16.6 Å². The molecule has 0 unspecified atom stereocenters. The number of anilines is 1. The van der Waals surface area contributed by atoms with Crippen molar-refractivity contribution in [1.29, 1.82) is 0 Å². The Hall–Kier alpha value is -2.62. The molecule has 0 aliphatic carbocycles. The number of benzene rings is 1. The van der Waals surface area contributed by atoms with E-state index in [1.54, 1.807) is 10.8 Å². The Kier molecular flexibility index (Phi) is 2.99. The van der Waals surface area contributed by atoms with Crippen LogP contribution in [0.5, 0.6) is 0 Å². The van der Waals surface area contributed by atoms with Crippen LogP contribution in [0.3, 0.4) is 0 Å². The van der Waals surface area contributed by atoms with E-state index in [2.05, 4.69) is 4.98 Å². The van der Waals surface area contributed by atoms with E-state index < -0.39 is 0 Å². The van der Waals surface area contributed by atoms with Gasteiger partial charge in [0.05, 0.1) is 6.54 Å². The Morgan fingerprint density at radius 3 is 2.75 bits per heavy atom. The molecule has 20 heavy (non-hydrogen) atoms. The monoisotopic (exact) mass is 265 g/mol. The van der Waals surface area contributed by atoms with Gasteiger partial charge in [-0.2, -0.15) is 0 Å². The zero-order chi connectivity index (χ0) is 14.1. The van der Waals surface area contributed by atoms with Gasteiger partial charge in [0.1, 0.15) is 5.82 Å². The molecule has 2 N–H and O–H groups in total. The average molecular weight is 265 g/mol. The Labute approximate surface area is 116 Å². The minimum atomic E-state index is -0.0684. The molecule has 0 radical (unpaired) electrons. The van der Waals surface area contributed by atoms with Crippen LogP contribution in [0.1, 0.15) is 11.3 Å². The first-order chi connectivity index (χ1) is 9.65. The number of fused-ring (bicyclic) bond motifs is 1. The standard InChI is InChI=1S/C16H15N3O/c1-11-6-7-12(9-18-11)10-19-15(17)8-13-4-2-3-5-14(13)16(19)20/h2-9H,10,17H2,1H3. The Balaban J connectivity index is 2.11. The third kappa shape index (κ3) is 2.16. The van der Waals surface area contributed by atoms with Crippen LogP contribution in [0.15, 0.2) is 53.5 Å². The maximum absolute atomic E-state index is 12.5. The zero-order valence-electron chi connectivity index (χ0n) is 11.2. The normalized spacial score (nSPS) is 10.8. The van der Waals surface area contributed by atoms with Crippen LogP contribution in [0.4, 0.5) is 5.82 Å². The van der Waals surface area contributed by atoms with Crippen molar-refractivity contribution in [3.8, 4) is 0 Å². The maximum Gasteiger partial charge on any atom is 0.260 e. The van der Waals surface area contributed by atoms with Crippen molar-refractivity contribution in [2.24, 2.45) is 0 Å². The number of nitrogens with two attached hydrogens (primary N) is 1. The van der Waals surface area contributed by atoms with Crippen molar-refractivity contribution in [2.75, 3.05) is 5.73 Å². The number of nitrogens with zero attached hydrogens (tertiary/aromatic N) is 2. The summed E-state index contributed by atoms with van der Waals surface area (Å²) in [7, 11) is 0. The predicted octanol–water partition coefficient (Wildman–Crippen LogP) is 2.34. The topological polar surface area (TPSA) is 60.9 Å². The molecule has 3 rings (SSSR count). The first-order valence-corrected chi connectivity index (χ1v) is 6.45. The molecular weight excluding hydrogens is 250 g/mol. The van der Waals surface area contributed by atoms with E-state index in [0.717, 1.165) is 16.6 Å². The van der Waals surface area contributed by atoms with Gasteiger partial charge in [0.2, 0.25) is 0 Å². The molecular formula is C16H15N3O. The molecule has 4 heteroatoms. The molecule has 1 aromatic carbocycles. The first-order valence-electron chi connectivity index (χ1n) is 6.45. The zero-order valence-corrected chi connectivity index (χ0v) is 11.2. The summed E-state index contributed by atoms with van der Waals surface area (Å²) in [6.07, 6.45) is 1.77. The van der Waals surface area contributed by atoms with Gasteiger partial charge in [-0.05, 0) is 36.1 Å². The number of rotatable bonds is 2. The highest BCUT2D eigenvalue weighted by atomic mass is 16.1.